The van der Waals surface area contributed by atoms with Crippen LogP contribution in [0.3, 0.4) is 0 Å². The number of carbonyl (C=O) groups excluding carboxylic acids is 1. The Morgan fingerprint density at radius 1 is 1.58 bits per heavy atom. The summed E-state index contributed by atoms with van der Waals surface area (Å²) in [6.07, 6.45) is 0. The Morgan fingerprint density at radius 2 is 2.21 bits per heavy atom. The predicted molar refractivity (Wildman–Crippen MR) is 70.2 cm³/mol. The molecule has 0 aromatic heterocycles. The molecule has 19 heavy (non-hydrogen) atoms. The highest BCUT2D eigenvalue weighted by Gasteiger charge is 2.19. The van der Waals surface area contributed by atoms with Crippen LogP contribution in [0.1, 0.15) is 17.3 Å². The molecule has 0 saturated carbocycles. The summed E-state index contributed by atoms with van der Waals surface area (Å²) in [5, 5.41) is 21.6. The molecule has 0 aliphatic carbocycles. The van der Waals surface area contributed by atoms with E-state index in [1.165, 1.54) is 0 Å². The molecule has 8 heteroatoms. The van der Waals surface area contributed by atoms with Gasteiger partial charge in [0.1, 0.15) is 0 Å². The van der Waals surface area contributed by atoms with E-state index in [1.54, 1.807) is 6.92 Å². The lowest BCUT2D eigenvalue weighted by Crippen LogP contribution is -2.28. The zero-order chi connectivity index (χ0) is 14.6. The maximum atomic E-state index is 11.8. The Kier molecular flexibility index (Phi) is 5.10. The number of nitrogens with zero attached hydrogens (tertiary/aromatic N) is 2. The second kappa shape index (κ2) is 6.36. The number of nitro groups is 1. The van der Waals surface area contributed by atoms with E-state index >= 15 is 0 Å². The molecular weight excluding hydrogens is 293 g/mol. The van der Waals surface area contributed by atoms with Crippen molar-refractivity contribution < 1.29 is 9.72 Å². The van der Waals surface area contributed by atoms with Gasteiger partial charge >= 0.3 is 0 Å². The number of hydrogen-bond donors (Lipinski definition) is 1. The van der Waals surface area contributed by atoms with Gasteiger partial charge in [0, 0.05) is 18.7 Å². The third-order valence-corrected chi connectivity index (χ3v) is 3.06. The van der Waals surface area contributed by atoms with Crippen LogP contribution >= 0.6 is 23.2 Å². The van der Waals surface area contributed by atoms with Crippen molar-refractivity contribution in [2.24, 2.45) is 5.92 Å². The first-order valence-electron chi connectivity index (χ1n) is 5.18. The molecule has 0 saturated heterocycles. The van der Waals surface area contributed by atoms with Gasteiger partial charge in [-0.3, -0.25) is 14.9 Å². The molecule has 0 aliphatic heterocycles. The van der Waals surface area contributed by atoms with Crippen molar-refractivity contribution in [3.8, 4) is 6.07 Å². The molecule has 1 atom stereocenters. The first kappa shape index (κ1) is 15.2. The van der Waals surface area contributed by atoms with E-state index < -0.39 is 10.8 Å². The van der Waals surface area contributed by atoms with Crippen molar-refractivity contribution in [2.75, 3.05) is 6.54 Å². The lowest BCUT2D eigenvalue weighted by Gasteiger charge is -2.08. The fraction of sp³-hybridized carbons (Fsp3) is 0.273. The molecule has 0 spiro atoms. The van der Waals surface area contributed by atoms with E-state index in [4.69, 9.17) is 28.5 Å². The van der Waals surface area contributed by atoms with E-state index in [1.807, 2.05) is 6.07 Å². The summed E-state index contributed by atoms with van der Waals surface area (Å²) in [7, 11) is 0. The Labute approximate surface area is 119 Å². The zero-order valence-corrected chi connectivity index (χ0v) is 11.3. The normalized spacial score (nSPS) is 11.5. The number of nitrogens with one attached hydrogen (secondary N) is 1. The Morgan fingerprint density at radius 3 is 2.74 bits per heavy atom. The molecule has 0 radical (unpaired) electrons. The summed E-state index contributed by atoms with van der Waals surface area (Å²) in [6.45, 7) is 1.74. The topological polar surface area (TPSA) is 96.0 Å². The van der Waals surface area contributed by atoms with Gasteiger partial charge in [-0.15, -0.1) is 0 Å². The first-order chi connectivity index (χ1) is 8.86. The van der Waals surface area contributed by atoms with Crippen molar-refractivity contribution in [3.05, 3.63) is 37.9 Å². The van der Waals surface area contributed by atoms with Crippen molar-refractivity contribution >= 4 is 34.8 Å². The summed E-state index contributed by atoms with van der Waals surface area (Å²) < 4.78 is 0. The highest BCUT2D eigenvalue weighted by molar-refractivity contribution is 6.44. The Bertz CT molecular complexity index is 569. The lowest BCUT2D eigenvalue weighted by molar-refractivity contribution is -0.384. The average Bonchev–Trinajstić information content (AvgIpc) is 2.38. The maximum absolute atomic E-state index is 11.8. The van der Waals surface area contributed by atoms with Crippen molar-refractivity contribution in [3.63, 3.8) is 0 Å². The fourth-order valence-electron chi connectivity index (χ4n) is 1.23. The minimum absolute atomic E-state index is 0.0608. The maximum Gasteiger partial charge on any atom is 0.271 e. The van der Waals surface area contributed by atoms with Gasteiger partial charge in [-0.1, -0.05) is 23.2 Å². The zero-order valence-electron chi connectivity index (χ0n) is 9.81. The van der Waals surface area contributed by atoms with Crippen LogP contribution in [-0.2, 0) is 0 Å². The number of hydrogen-bond acceptors (Lipinski definition) is 4. The number of carbonyl (C=O) groups is 1. The number of amides is 1. The van der Waals surface area contributed by atoms with Crippen molar-refractivity contribution in [1.29, 1.82) is 5.26 Å². The quantitative estimate of drug-likeness (QED) is 0.683. The Balaban J connectivity index is 3.02. The monoisotopic (exact) mass is 301 g/mol. The van der Waals surface area contributed by atoms with E-state index in [2.05, 4.69) is 5.32 Å². The smallest absolute Gasteiger partial charge is 0.271 e. The molecule has 0 bridgehead atoms. The second-order valence-electron chi connectivity index (χ2n) is 3.79. The van der Waals surface area contributed by atoms with Gasteiger partial charge < -0.3 is 5.32 Å². The van der Waals surface area contributed by atoms with Crippen molar-refractivity contribution in [1.82, 2.24) is 5.32 Å². The molecular formula is C11H9Cl2N3O3. The minimum Gasteiger partial charge on any atom is -0.351 e. The van der Waals surface area contributed by atoms with Crippen molar-refractivity contribution in [2.45, 2.75) is 6.92 Å². The standard InChI is InChI=1S/C11H9Cl2N3O3/c1-6(4-14)5-15-11(17)8-2-7(16(18)19)3-9(12)10(8)13/h2-3,6H,5H2,1H3,(H,15,17). The van der Waals surface area contributed by atoms with Crippen LogP contribution in [0, 0.1) is 27.4 Å². The number of nitro benzene ring substituents is 1. The van der Waals surface area contributed by atoms with E-state index in [0.29, 0.717) is 0 Å². The third-order valence-electron chi connectivity index (χ3n) is 2.26. The molecule has 1 N–H and O–H groups in total. The summed E-state index contributed by atoms with van der Waals surface area (Å²) in [4.78, 5) is 21.8. The molecule has 1 aromatic rings. The summed E-state index contributed by atoms with van der Waals surface area (Å²) in [6, 6.07) is 4.06. The predicted octanol–water partition coefficient (Wildman–Crippen LogP) is 2.79. The molecule has 100 valence electrons. The third kappa shape index (κ3) is 3.81. The van der Waals surface area contributed by atoms with Gasteiger partial charge in [-0.2, -0.15) is 5.26 Å². The van der Waals surface area contributed by atoms with Gasteiger partial charge in [0.2, 0.25) is 0 Å². The first-order valence-corrected chi connectivity index (χ1v) is 5.93. The minimum atomic E-state index is -0.670. The molecule has 6 nitrogen and oxygen atoms in total. The van der Waals surface area contributed by atoms with E-state index in [0.717, 1.165) is 12.1 Å². The number of halogens is 2. The Hall–Kier alpha value is -1.84. The molecule has 1 rings (SSSR count). The summed E-state index contributed by atoms with van der Waals surface area (Å²) in [5.74, 6) is -0.991. The highest BCUT2D eigenvalue weighted by atomic mass is 35.5. The van der Waals surface area contributed by atoms with Crippen LogP contribution in [0.2, 0.25) is 10.0 Å². The van der Waals surface area contributed by atoms with Crippen LogP contribution in [0.4, 0.5) is 5.69 Å². The average molecular weight is 302 g/mol. The number of non-ortho nitro benzene ring substituents is 1. The van der Waals surface area contributed by atoms with Crippen LogP contribution in [0.15, 0.2) is 12.1 Å². The molecule has 0 fully saturated rings. The van der Waals surface area contributed by atoms with Gasteiger partial charge in [-0.05, 0) is 6.92 Å². The van der Waals surface area contributed by atoms with Crippen LogP contribution in [-0.4, -0.2) is 17.4 Å². The van der Waals surface area contributed by atoms with Crippen LogP contribution < -0.4 is 5.32 Å². The van der Waals surface area contributed by atoms with E-state index in [-0.39, 0.29) is 33.8 Å². The van der Waals surface area contributed by atoms with Gasteiger partial charge in [-0.25, -0.2) is 0 Å². The SMILES string of the molecule is CC(C#N)CNC(=O)c1cc([N+](=O)[O-])cc(Cl)c1Cl. The van der Waals surface area contributed by atoms with Crippen LogP contribution in [0.25, 0.3) is 0 Å². The summed E-state index contributed by atoms with van der Waals surface area (Å²) >= 11 is 11.6. The molecule has 0 aliphatic rings. The lowest BCUT2D eigenvalue weighted by atomic mass is 10.1. The second-order valence-corrected chi connectivity index (χ2v) is 4.57. The van der Waals surface area contributed by atoms with E-state index in [9.17, 15) is 14.9 Å². The number of nitriles is 1. The molecule has 1 unspecified atom stereocenters. The van der Waals surface area contributed by atoms with Gasteiger partial charge in [0.05, 0.1) is 32.5 Å². The highest BCUT2D eigenvalue weighted by Crippen LogP contribution is 2.30. The molecule has 1 aromatic carbocycles. The number of benzene rings is 1. The van der Waals surface area contributed by atoms with Crippen LogP contribution in [0.5, 0.6) is 0 Å². The van der Waals surface area contributed by atoms with Gasteiger partial charge in [0.25, 0.3) is 11.6 Å². The molecule has 1 amide bonds. The number of rotatable bonds is 4. The fourth-order valence-corrected chi connectivity index (χ4v) is 1.64. The summed E-state index contributed by atoms with van der Waals surface area (Å²) in [5.41, 5.74) is -0.418. The molecule has 0 heterocycles. The van der Waals surface area contributed by atoms with Gasteiger partial charge in [0.15, 0.2) is 0 Å². The largest absolute Gasteiger partial charge is 0.351 e.